The maximum Gasteiger partial charge on any atom is 0.161 e. The Morgan fingerprint density at radius 3 is 2.52 bits per heavy atom. The monoisotopic (exact) mass is 293 g/mol. The van der Waals surface area contributed by atoms with Crippen LogP contribution in [0.25, 0.3) is 0 Å². The van der Waals surface area contributed by atoms with E-state index in [0.29, 0.717) is 11.8 Å². The van der Waals surface area contributed by atoms with Gasteiger partial charge in [-0.25, -0.2) is 0 Å². The van der Waals surface area contributed by atoms with Gasteiger partial charge in [0.1, 0.15) is 0 Å². The molecule has 118 valence electrons. The van der Waals surface area contributed by atoms with Crippen LogP contribution < -0.4 is 14.8 Å². The van der Waals surface area contributed by atoms with Gasteiger partial charge in [0.15, 0.2) is 11.5 Å². The molecule has 4 nitrogen and oxygen atoms in total. The molecule has 21 heavy (non-hydrogen) atoms. The maximum atomic E-state index is 10.4. The Kier molecular flexibility index (Phi) is 5.48. The van der Waals surface area contributed by atoms with Crippen molar-refractivity contribution in [3.8, 4) is 11.5 Å². The van der Waals surface area contributed by atoms with Crippen LogP contribution in [-0.2, 0) is 0 Å². The Morgan fingerprint density at radius 1 is 1.24 bits per heavy atom. The highest BCUT2D eigenvalue weighted by atomic mass is 16.5. The number of methoxy groups -OCH3 is 2. The number of hydrogen-bond donors (Lipinski definition) is 2. The van der Waals surface area contributed by atoms with E-state index in [4.69, 9.17) is 9.47 Å². The molecular formula is C17H27NO3. The largest absolute Gasteiger partial charge is 0.493 e. The summed E-state index contributed by atoms with van der Waals surface area (Å²) in [6.07, 6.45) is 1.56. The van der Waals surface area contributed by atoms with E-state index in [2.05, 4.69) is 19.2 Å². The molecule has 1 aromatic rings. The minimum absolute atomic E-state index is 0.170. The standard InChI is InChI=1S/C17H27NO3/c1-11(2)7-13-10-18-14(9-15(13)19)12-5-6-16(20-3)17(8-12)21-4/h5-6,8,11,13-15,18-19H,7,9-10H2,1-4H3/t13-,14-,15-/m0/s1. The van der Waals surface area contributed by atoms with Crippen LogP contribution >= 0.6 is 0 Å². The van der Waals surface area contributed by atoms with Crippen molar-refractivity contribution in [3.05, 3.63) is 23.8 Å². The SMILES string of the molecule is COc1ccc([C@@H]2C[C@H](O)[C@@H](CC(C)C)CN2)cc1OC. The number of hydrogen-bond acceptors (Lipinski definition) is 4. The molecule has 0 spiro atoms. The minimum atomic E-state index is -0.244. The van der Waals surface area contributed by atoms with Gasteiger partial charge in [0.25, 0.3) is 0 Å². The molecular weight excluding hydrogens is 266 g/mol. The van der Waals surface area contributed by atoms with Gasteiger partial charge < -0.3 is 19.9 Å². The molecule has 0 amide bonds. The molecule has 1 heterocycles. The summed E-state index contributed by atoms with van der Waals surface area (Å²) in [5.41, 5.74) is 1.13. The van der Waals surface area contributed by atoms with E-state index < -0.39 is 0 Å². The van der Waals surface area contributed by atoms with E-state index in [0.717, 1.165) is 36.4 Å². The number of benzene rings is 1. The van der Waals surface area contributed by atoms with E-state index in [9.17, 15) is 5.11 Å². The second kappa shape index (κ2) is 7.14. The summed E-state index contributed by atoms with van der Waals surface area (Å²) in [4.78, 5) is 0. The van der Waals surface area contributed by atoms with Crippen molar-refractivity contribution >= 4 is 0 Å². The van der Waals surface area contributed by atoms with Crippen molar-refractivity contribution in [2.24, 2.45) is 11.8 Å². The highest BCUT2D eigenvalue weighted by Gasteiger charge is 2.30. The van der Waals surface area contributed by atoms with Crippen molar-refractivity contribution in [2.75, 3.05) is 20.8 Å². The molecule has 2 rings (SSSR count). The van der Waals surface area contributed by atoms with Crippen molar-refractivity contribution in [2.45, 2.75) is 38.8 Å². The molecule has 0 aromatic heterocycles. The van der Waals surface area contributed by atoms with E-state index >= 15 is 0 Å². The molecule has 1 aliphatic heterocycles. The zero-order valence-corrected chi connectivity index (χ0v) is 13.4. The van der Waals surface area contributed by atoms with Crippen LogP contribution in [0.15, 0.2) is 18.2 Å². The molecule has 1 saturated heterocycles. The smallest absolute Gasteiger partial charge is 0.161 e. The summed E-state index contributed by atoms with van der Waals surface area (Å²) in [7, 11) is 3.28. The number of piperidine rings is 1. The molecule has 0 aliphatic carbocycles. The van der Waals surface area contributed by atoms with Gasteiger partial charge in [-0.2, -0.15) is 0 Å². The Labute approximate surface area is 127 Å². The molecule has 3 atom stereocenters. The molecule has 0 saturated carbocycles. The molecule has 2 N–H and O–H groups in total. The number of aliphatic hydroxyl groups is 1. The second-order valence-corrected chi connectivity index (χ2v) is 6.27. The number of ether oxygens (including phenoxy) is 2. The average Bonchev–Trinajstić information content (AvgIpc) is 2.48. The average molecular weight is 293 g/mol. The van der Waals surface area contributed by atoms with E-state index in [1.165, 1.54) is 0 Å². The molecule has 1 fully saturated rings. The van der Waals surface area contributed by atoms with Crippen LogP contribution in [0.2, 0.25) is 0 Å². The fraction of sp³-hybridized carbons (Fsp3) is 0.647. The number of aliphatic hydroxyl groups excluding tert-OH is 1. The summed E-state index contributed by atoms with van der Waals surface area (Å²) in [5, 5.41) is 13.9. The molecule has 0 unspecified atom stereocenters. The molecule has 0 bridgehead atoms. The van der Waals surface area contributed by atoms with E-state index in [1.807, 2.05) is 18.2 Å². The van der Waals surface area contributed by atoms with Gasteiger partial charge in [0.05, 0.1) is 20.3 Å². The van der Waals surface area contributed by atoms with Gasteiger partial charge in [-0.1, -0.05) is 19.9 Å². The molecule has 4 heteroatoms. The first kappa shape index (κ1) is 16.1. The Balaban J connectivity index is 2.07. The highest BCUT2D eigenvalue weighted by Crippen LogP contribution is 2.34. The van der Waals surface area contributed by atoms with Crippen molar-refractivity contribution in [1.82, 2.24) is 5.32 Å². The lowest BCUT2D eigenvalue weighted by Crippen LogP contribution is -2.42. The van der Waals surface area contributed by atoms with Crippen LogP contribution in [-0.4, -0.2) is 32.0 Å². The van der Waals surface area contributed by atoms with Crippen LogP contribution in [0.1, 0.15) is 38.3 Å². The molecule has 0 radical (unpaired) electrons. The number of rotatable bonds is 5. The van der Waals surface area contributed by atoms with Crippen molar-refractivity contribution < 1.29 is 14.6 Å². The van der Waals surface area contributed by atoms with Crippen LogP contribution in [0, 0.1) is 11.8 Å². The van der Waals surface area contributed by atoms with Gasteiger partial charge >= 0.3 is 0 Å². The normalized spacial score (nSPS) is 25.9. The fourth-order valence-corrected chi connectivity index (χ4v) is 3.12. The van der Waals surface area contributed by atoms with Crippen molar-refractivity contribution in [1.29, 1.82) is 0 Å². The lowest BCUT2D eigenvalue weighted by Gasteiger charge is -2.35. The minimum Gasteiger partial charge on any atom is -0.493 e. The lowest BCUT2D eigenvalue weighted by atomic mass is 9.84. The first-order valence-corrected chi connectivity index (χ1v) is 7.68. The molecule has 1 aliphatic rings. The van der Waals surface area contributed by atoms with Crippen LogP contribution in [0.3, 0.4) is 0 Å². The Hall–Kier alpha value is -1.26. The predicted molar refractivity (Wildman–Crippen MR) is 83.9 cm³/mol. The lowest BCUT2D eigenvalue weighted by molar-refractivity contribution is 0.0499. The van der Waals surface area contributed by atoms with Gasteiger partial charge in [-0.05, 0) is 42.4 Å². The summed E-state index contributed by atoms with van der Waals surface area (Å²) < 4.78 is 10.6. The third kappa shape index (κ3) is 3.89. The highest BCUT2D eigenvalue weighted by molar-refractivity contribution is 5.43. The third-order valence-electron chi connectivity index (χ3n) is 4.23. The van der Waals surface area contributed by atoms with Crippen molar-refractivity contribution in [3.63, 3.8) is 0 Å². The predicted octanol–water partition coefficient (Wildman–Crippen LogP) is 2.76. The van der Waals surface area contributed by atoms with Gasteiger partial charge in [0, 0.05) is 12.6 Å². The van der Waals surface area contributed by atoms with Gasteiger partial charge in [-0.3, -0.25) is 0 Å². The van der Waals surface area contributed by atoms with Gasteiger partial charge in [0.2, 0.25) is 0 Å². The second-order valence-electron chi connectivity index (χ2n) is 6.27. The third-order valence-corrected chi connectivity index (χ3v) is 4.23. The maximum absolute atomic E-state index is 10.4. The summed E-state index contributed by atoms with van der Waals surface area (Å²) in [5.74, 6) is 2.43. The summed E-state index contributed by atoms with van der Waals surface area (Å²) in [6, 6.07) is 6.12. The zero-order valence-electron chi connectivity index (χ0n) is 13.4. The number of nitrogens with one attached hydrogen (secondary N) is 1. The van der Waals surface area contributed by atoms with Gasteiger partial charge in [-0.15, -0.1) is 0 Å². The van der Waals surface area contributed by atoms with E-state index in [-0.39, 0.29) is 12.1 Å². The topological polar surface area (TPSA) is 50.7 Å². The van der Waals surface area contributed by atoms with E-state index in [1.54, 1.807) is 14.2 Å². The van der Waals surface area contributed by atoms with Crippen LogP contribution in [0.5, 0.6) is 11.5 Å². The Bertz CT molecular complexity index is 461. The van der Waals surface area contributed by atoms with Crippen LogP contribution in [0.4, 0.5) is 0 Å². The first-order valence-electron chi connectivity index (χ1n) is 7.68. The summed E-state index contributed by atoms with van der Waals surface area (Å²) in [6.45, 7) is 5.26. The first-order chi connectivity index (χ1) is 10.0. The molecule has 1 aromatic carbocycles. The summed E-state index contributed by atoms with van der Waals surface area (Å²) >= 11 is 0. The fourth-order valence-electron chi connectivity index (χ4n) is 3.12. The zero-order chi connectivity index (χ0) is 15.4. The Morgan fingerprint density at radius 2 is 1.95 bits per heavy atom. The quantitative estimate of drug-likeness (QED) is 0.876.